The number of carbonyl (C=O) groups is 1. The largest absolute Gasteiger partial charge is 0.508 e. The summed E-state index contributed by atoms with van der Waals surface area (Å²) >= 11 is 5.97. The van der Waals surface area contributed by atoms with Gasteiger partial charge in [-0.1, -0.05) is 32.4 Å². The van der Waals surface area contributed by atoms with Crippen LogP contribution in [0.15, 0.2) is 18.2 Å². The molecular formula is C14H21ClN2O2. The van der Waals surface area contributed by atoms with Gasteiger partial charge in [0, 0.05) is 6.04 Å². The van der Waals surface area contributed by atoms with Gasteiger partial charge in [0.05, 0.1) is 10.6 Å². The molecule has 0 aliphatic carbocycles. The molecule has 4 N–H and O–H groups in total. The van der Waals surface area contributed by atoms with E-state index in [2.05, 4.69) is 5.32 Å². The van der Waals surface area contributed by atoms with E-state index in [9.17, 15) is 9.90 Å². The van der Waals surface area contributed by atoms with E-state index in [0.717, 1.165) is 0 Å². The minimum absolute atomic E-state index is 0.0145. The molecule has 0 saturated carbocycles. The minimum Gasteiger partial charge on any atom is -0.508 e. The van der Waals surface area contributed by atoms with Crippen LogP contribution in [-0.4, -0.2) is 23.6 Å². The molecule has 4 nitrogen and oxygen atoms in total. The number of benzene rings is 1. The normalized spacial score (nSPS) is 13.1. The molecule has 0 aliphatic rings. The molecule has 19 heavy (non-hydrogen) atoms. The zero-order valence-electron chi connectivity index (χ0n) is 11.5. The Bertz CT molecular complexity index is 455. The Morgan fingerprint density at radius 1 is 1.47 bits per heavy atom. The van der Waals surface area contributed by atoms with Gasteiger partial charge in [0.2, 0.25) is 0 Å². The van der Waals surface area contributed by atoms with Gasteiger partial charge in [0.1, 0.15) is 5.75 Å². The quantitative estimate of drug-likeness (QED) is 0.795. The predicted molar refractivity (Wildman–Crippen MR) is 77.5 cm³/mol. The molecule has 0 radical (unpaired) electrons. The second-order valence-corrected chi connectivity index (χ2v) is 6.04. The van der Waals surface area contributed by atoms with Gasteiger partial charge in [0.15, 0.2) is 0 Å². The van der Waals surface area contributed by atoms with Crippen molar-refractivity contribution in [2.45, 2.75) is 33.2 Å². The average molecular weight is 285 g/mol. The summed E-state index contributed by atoms with van der Waals surface area (Å²) in [6.45, 7) is 6.61. The van der Waals surface area contributed by atoms with Gasteiger partial charge in [-0.2, -0.15) is 0 Å². The molecule has 1 aromatic carbocycles. The van der Waals surface area contributed by atoms with Crippen LogP contribution in [0.4, 0.5) is 0 Å². The van der Waals surface area contributed by atoms with E-state index < -0.39 is 0 Å². The molecule has 1 aromatic rings. The fourth-order valence-electron chi connectivity index (χ4n) is 1.81. The second kappa shape index (κ2) is 6.26. The van der Waals surface area contributed by atoms with Crippen LogP contribution in [0.1, 0.15) is 37.6 Å². The van der Waals surface area contributed by atoms with Crippen LogP contribution in [0, 0.1) is 5.41 Å². The van der Waals surface area contributed by atoms with E-state index in [4.69, 9.17) is 17.3 Å². The van der Waals surface area contributed by atoms with Crippen molar-refractivity contribution in [3.63, 3.8) is 0 Å². The zero-order chi connectivity index (χ0) is 14.6. The van der Waals surface area contributed by atoms with E-state index in [1.807, 2.05) is 20.8 Å². The number of rotatable bonds is 4. The van der Waals surface area contributed by atoms with Gasteiger partial charge in [-0.05, 0) is 36.6 Å². The van der Waals surface area contributed by atoms with Gasteiger partial charge in [-0.25, -0.2) is 0 Å². The number of aromatic hydroxyl groups is 1. The van der Waals surface area contributed by atoms with Crippen LogP contribution in [0.25, 0.3) is 0 Å². The van der Waals surface area contributed by atoms with Gasteiger partial charge in [-0.15, -0.1) is 0 Å². The third kappa shape index (κ3) is 4.40. The van der Waals surface area contributed by atoms with Gasteiger partial charge < -0.3 is 16.2 Å². The maximum absolute atomic E-state index is 12.2. The van der Waals surface area contributed by atoms with Crippen LogP contribution < -0.4 is 11.1 Å². The van der Waals surface area contributed by atoms with Crippen molar-refractivity contribution >= 4 is 17.5 Å². The molecule has 0 saturated heterocycles. The first-order valence-corrected chi connectivity index (χ1v) is 6.63. The molecule has 0 aromatic heterocycles. The van der Waals surface area contributed by atoms with Gasteiger partial charge in [-0.3, -0.25) is 4.79 Å². The molecule has 0 heterocycles. The molecule has 1 atom stereocenters. The number of phenolic OH excluding ortho intramolecular Hbond substituents is 1. The van der Waals surface area contributed by atoms with E-state index >= 15 is 0 Å². The van der Waals surface area contributed by atoms with E-state index in [1.165, 1.54) is 18.2 Å². The SMILES string of the molecule is CC(C)(C)C(CCN)NC(=O)c1cc(O)ccc1Cl. The van der Waals surface area contributed by atoms with Crippen molar-refractivity contribution in [2.24, 2.45) is 11.1 Å². The molecule has 1 unspecified atom stereocenters. The third-order valence-electron chi connectivity index (χ3n) is 3.00. The summed E-state index contributed by atoms with van der Waals surface area (Å²) in [6, 6.07) is 4.25. The highest BCUT2D eigenvalue weighted by Crippen LogP contribution is 2.24. The minimum atomic E-state index is -0.297. The topological polar surface area (TPSA) is 75.3 Å². The summed E-state index contributed by atoms with van der Waals surface area (Å²) in [5.74, 6) is -0.282. The lowest BCUT2D eigenvalue weighted by Gasteiger charge is -2.31. The number of carbonyl (C=O) groups excluding carboxylic acids is 1. The number of phenols is 1. The fourth-order valence-corrected chi connectivity index (χ4v) is 2.01. The third-order valence-corrected chi connectivity index (χ3v) is 3.33. The smallest absolute Gasteiger partial charge is 0.253 e. The average Bonchev–Trinajstić information content (AvgIpc) is 2.30. The molecule has 0 aliphatic heterocycles. The van der Waals surface area contributed by atoms with E-state index in [-0.39, 0.29) is 28.7 Å². The summed E-state index contributed by atoms with van der Waals surface area (Å²) in [5.41, 5.74) is 5.75. The summed E-state index contributed by atoms with van der Waals surface area (Å²) in [7, 11) is 0. The van der Waals surface area contributed by atoms with Crippen molar-refractivity contribution in [3.05, 3.63) is 28.8 Å². The Hall–Kier alpha value is -1.26. The number of halogens is 1. The van der Waals surface area contributed by atoms with Crippen molar-refractivity contribution in [3.8, 4) is 5.75 Å². The van der Waals surface area contributed by atoms with Crippen LogP contribution in [-0.2, 0) is 0 Å². The lowest BCUT2D eigenvalue weighted by molar-refractivity contribution is 0.0898. The summed E-state index contributed by atoms with van der Waals surface area (Å²) in [4.78, 5) is 12.2. The van der Waals surface area contributed by atoms with Crippen molar-refractivity contribution in [1.82, 2.24) is 5.32 Å². The highest BCUT2D eigenvalue weighted by molar-refractivity contribution is 6.33. The van der Waals surface area contributed by atoms with E-state index in [0.29, 0.717) is 18.0 Å². The van der Waals surface area contributed by atoms with Crippen molar-refractivity contribution < 1.29 is 9.90 Å². The number of hydrogen-bond donors (Lipinski definition) is 3. The summed E-state index contributed by atoms with van der Waals surface area (Å²) in [5, 5.41) is 12.7. The van der Waals surface area contributed by atoms with Crippen molar-refractivity contribution in [1.29, 1.82) is 0 Å². The Balaban J connectivity index is 2.91. The molecule has 0 spiro atoms. The maximum Gasteiger partial charge on any atom is 0.253 e. The monoisotopic (exact) mass is 284 g/mol. The summed E-state index contributed by atoms with van der Waals surface area (Å²) < 4.78 is 0. The molecular weight excluding hydrogens is 264 g/mol. The van der Waals surface area contributed by atoms with Crippen LogP contribution >= 0.6 is 11.6 Å². The predicted octanol–water partition coefficient (Wildman–Crippen LogP) is 2.54. The number of nitrogens with two attached hydrogens (primary N) is 1. The van der Waals surface area contributed by atoms with E-state index in [1.54, 1.807) is 0 Å². The fraction of sp³-hybridized carbons (Fsp3) is 0.500. The number of hydrogen-bond acceptors (Lipinski definition) is 3. The number of amides is 1. The van der Waals surface area contributed by atoms with Crippen LogP contribution in [0.5, 0.6) is 5.75 Å². The Morgan fingerprint density at radius 3 is 2.63 bits per heavy atom. The molecule has 1 rings (SSSR count). The molecule has 106 valence electrons. The first kappa shape index (κ1) is 15.8. The van der Waals surface area contributed by atoms with Crippen LogP contribution in [0.3, 0.4) is 0 Å². The number of nitrogens with one attached hydrogen (secondary N) is 1. The molecule has 1 amide bonds. The molecule has 0 bridgehead atoms. The standard InChI is InChI=1S/C14H21ClN2O2/c1-14(2,3)12(6-7-16)17-13(19)10-8-9(18)4-5-11(10)15/h4-5,8,12,18H,6-7,16H2,1-3H3,(H,17,19). The Morgan fingerprint density at radius 2 is 2.11 bits per heavy atom. The first-order chi connectivity index (χ1) is 8.75. The lowest BCUT2D eigenvalue weighted by Crippen LogP contribution is -2.44. The van der Waals surface area contributed by atoms with Crippen molar-refractivity contribution in [2.75, 3.05) is 6.54 Å². The first-order valence-electron chi connectivity index (χ1n) is 6.25. The van der Waals surface area contributed by atoms with Gasteiger partial charge in [0.25, 0.3) is 5.91 Å². The highest BCUT2D eigenvalue weighted by Gasteiger charge is 2.26. The van der Waals surface area contributed by atoms with Crippen LogP contribution in [0.2, 0.25) is 5.02 Å². The van der Waals surface area contributed by atoms with Gasteiger partial charge >= 0.3 is 0 Å². The maximum atomic E-state index is 12.2. The molecule has 5 heteroatoms. The molecule has 0 fully saturated rings. The highest BCUT2D eigenvalue weighted by atomic mass is 35.5. The lowest BCUT2D eigenvalue weighted by atomic mass is 9.84. The second-order valence-electron chi connectivity index (χ2n) is 5.63. The Kier molecular flexibility index (Phi) is 5.20. The Labute approximate surface area is 118 Å². The summed E-state index contributed by atoms with van der Waals surface area (Å²) in [6.07, 6.45) is 0.686. The zero-order valence-corrected chi connectivity index (χ0v) is 12.3.